The van der Waals surface area contributed by atoms with Gasteiger partial charge in [0.1, 0.15) is 6.04 Å². The van der Waals surface area contributed by atoms with Gasteiger partial charge in [-0.05, 0) is 6.42 Å². The summed E-state index contributed by atoms with van der Waals surface area (Å²) in [5, 5.41) is 2.75. The number of likely N-dealkylation sites (N-methyl/N-ethyl adjacent to an activating group) is 1. The van der Waals surface area contributed by atoms with Crippen LogP contribution < -0.4 is 10.9 Å². The summed E-state index contributed by atoms with van der Waals surface area (Å²) >= 11 is 0. The molecule has 2 heterocycles. The third-order valence-electron chi connectivity index (χ3n) is 2.67. The molecule has 0 bridgehead atoms. The third-order valence-corrected chi connectivity index (χ3v) is 2.67. The lowest BCUT2D eigenvalue weighted by molar-refractivity contribution is -0.146. The van der Waals surface area contributed by atoms with Gasteiger partial charge in [0, 0.05) is 25.9 Å². The van der Waals surface area contributed by atoms with Gasteiger partial charge < -0.3 is 10.3 Å². The lowest BCUT2D eigenvalue weighted by Gasteiger charge is -2.28. The van der Waals surface area contributed by atoms with Crippen molar-refractivity contribution in [3.63, 3.8) is 0 Å². The highest BCUT2D eigenvalue weighted by atomic mass is 16.2. The second-order valence-electron chi connectivity index (χ2n) is 3.79. The molecule has 7 nitrogen and oxygen atoms in total. The van der Waals surface area contributed by atoms with E-state index in [0.717, 1.165) is 4.90 Å². The summed E-state index contributed by atoms with van der Waals surface area (Å²) in [4.78, 5) is 41.8. The predicted molar refractivity (Wildman–Crippen MR) is 59.3 cm³/mol. The largest absolute Gasteiger partial charge is 0.354 e. The molecule has 0 radical (unpaired) electrons. The molecule has 2 amide bonds. The lowest BCUT2D eigenvalue weighted by atomic mass is 10.0. The highest BCUT2D eigenvalue weighted by Gasteiger charge is 2.32. The third kappa shape index (κ3) is 2.17. The number of aromatic amines is 1. The monoisotopic (exact) mass is 236 g/mol. The van der Waals surface area contributed by atoms with Gasteiger partial charge in [-0.15, -0.1) is 0 Å². The van der Waals surface area contributed by atoms with Gasteiger partial charge in [0.25, 0.3) is 11.5 Å². The van der Waals surface area contributed by atoms with Crippen LogP contribution in [0.5, 0.6) is 0 Å². The normalized spacial score (nSPS) is 20.5. The van der Waals surface area contributed by atoms with E-state index in [1.807, 2.05) is 0 Å². The van der Waals surface area contributed by atoms with Crippen LogP contribution in [0.25, 0.3) is 0 Å². The van der Waals surface area contributed by atoms with Crippen LogP contribution in [0.15, 0.2) is 17.2 Å². The fourth-order valence-corrected chi connectivity index (χ4v) is 1.67. The van der Waals surface area contributed by atoms with Gasteiger partial charge in [-0.25, -0.2) is 4.98 Å². The Balaban J connectivity index is 2.15. The van der Waals surface area contributed by atoms with Crippen LogP contribution in [-0.4, -0.2) is 39.8 Å². The summed E-state index contributed by atoms with van der Waals surface area (Å²) < 4.78 is 0. The van der Waals surface area contributed by atoms with Crippen molar-refractivity contribution < 1.29 is 9.59 Å². The van der Waals surface area contributed by atoms with Crippen molar-refractivity contribution in [2.75, 3.05) is 12.4 Å². The number of nitrogens with one attached hydrogen (secondary N) is 2. The number of nitrogens with zero attached hydrogens (tertiary/aromatic N) is 2. The van der Waals surface area contributed by atoms with Gasteiger partial charge in [0.05, 0.1) is 0 Å². The molecule has 0 saturated carbocycles. The van der Waals surface area contributed by atoms with Crippen LogP contribution in [0, 0.1) is 0 Å². The van der Waals surface area contributed by atoms with Crippen LogP contribution >= 0.6 is 0 Å². The maximum atomic E-state index is 11.8. The zero-order valence-electron chi connectivity index (χ0n) is 9.27. The number of H-pyrrole nitrogens is 1. The molecule has 0 spiro atoms. The SMILES string of the molecule is CN1C(=O)CCC(Nc2ncc[nH]c2=O)C1=O. The van der Waals surface area contributed by atoms with Gasteiger partial charge in [-0.1, -0.05) is 0 Å². The Labute approximate surface area is 96.8 Å². The molecule has 7 heteroatoms. The minimum Gasteiger partial charge on any atom is -0.354 e. The minimum atomic E-state index is -0.575. The molecule has 1 aromatic rings. The maximum absolute atomic E-state index is 11.8. The number of amides is 2. The van der Waals surface area contributed by atoms with E-state index in [0.29, 0.717) is 6.42 Å². The summed E-state index contributed by atoms with van der Waals surface area (Å²) in [6.45, 7) is 0. The summed E-state index contributed by atoms with van der Waals surface area (Å²) in [7, 11) is 1.43. The number of carbonyl (C=O) groups excluding carboxylic acids is 2. The van der Waals surface area contributed by atoms with E-state index in [2.05, 4.69) is 15.3 Å². The molecule has 0 aromatic carbocycles. The first kappa shape index (κ1) is 11.3. The molecule has 90 valence electrons. The van der Waals surface area contributed by atoms with E-state index in [1.54, 1.807) is 0 Å². The number of aromatic nitrogens is 2. The summed E-state index contributed by atoms with van der Waals surface area (Å²) in [6, 6.07) is -0.575. The van der Waals surface area contributed by atoms with Crippen molar-refractivity contribution in [2.45, 2.75) is 18.9 Å². The summed E-state index contributed by atoms with van der Waals surface area (Å²) in [5.74, 6) is -0.456. The average Bonchev–Trinajstić information content (AvgIpc) is 2.32. The molecule has 1 aromatic heterocycles. The first-order valence-corrected chi connectivity index (χ1v) is 5.20. The first-order chi connectivity index (χ1) is 8.09. The number of piperidine rings is 1. The summed E-state index contributed by atoms with van der Waals surface area (Å²) in [6.07, 6.45) is 3.49. The standard InChI is InChI=1S/C10H12N4O3/c1-14-7(15)3-2-6(10(14)17)13-8-9(16)12-5-4-11-8/h4-6H,2-3H2,1H3,(H,11,13)(H,12,16). The number of likely N-dealkylation sites (tertiary alicyclic amines) is 1. The Morgan fingerprint density at radius 1 is 1.47 bits per heavy atom. The second-order valence-corrected chi connectivity index (χ2v) is 3.79. The van der Waals surface area contributed by atoms with Crippen molar-refractivity contribution in [1.82, 2.24) is 14.9 Å². The molecular weight excluding hydrogens is 224 g/mol. The zero-order chi connectivity index (χ0) is 12.4. The highest BCUT2D eigenvalue weighted by molar-refractivity contribution is 6.01. The van der Waals surface area contributed by atoms with Crippen LogP contribution in [-0.2, 0) is 9.59 Å². The Morgan fingerprint density at radius 2 is 2.24 bits per heavy atom. The molecule has 1 atom stereocenters. The number of imide groups is 1. The molecular formula is C10H12N4O3. The number of hydrogen-bond donors (Lipinski definition) is 2. The van der Waals surface area contributed by atoms with E-state index in [9.17, 15) is 14.4 Å². The van der Waals surface area contributed by atoms with Crippen LogP contribution in [0.4, 0.5) is 5.82 Å². The number of rotatable bonds is 2. The Hall–Kier alpha value is -2.18. The van der Waals surface area contributed by atoms with E-state index in [4.69, 9.17) is 0 Å². The van der Waals surface area contributed by atoms with Crippen molar-refractivity contribution in [1.29, 1.82) is 0 Å². The lowest BCUT2D eigenvalue weighted by Crippen LogP contribution is -2.49. The molecule has 1 aliphatic rings. The van der Waals surface area contributed by atoms with Crippen LogP contribution in [0.3, 0.4) is 0 Å². The quantitative estimate of drug-likeness (QED) is 0.664. The van der Waals surface area contributed by atoms with Gasteiger partial charge in [-0.2, -0.15) is 0 Å². The molecule has 2 rings (SSSR count). The van der Waals surface area contributed by atoms with Crippen molar-refractivity contribution in [3.05, 3.63) is 22.7 Å². The van der Waals surface area contributed by atoms with Crippen LogP contribution in [0.1, 0.15) is 12.8 Å². The Morgan fingerprint density at radius 3 is 2.94 bits per heavy atom. The van der Waals surface area contributed by atoms with Crippen LogP contribution in [0.2, 0.25) is 0 Å². The fraction of sp³-hybridized carbons (Fsp3) is 0.400. The number of hydrogen-bond acceptors (Lipinski definition) is 5. The van der Waals surface area contributed by atoms with Crippen molar-refractivity contribution in [2.24, 2.45) is 0 Å². The maximum Gasteiger partial charge on any atom is 0.290 e. The zero-order valence-corrected chi connectivity index (χ0v) is 9.27. The molecule has 1 unspecified atom stereocenters. The Kier molecular flexibility index (Phi) is 2.90. The molecule has 0 aliphatic carbocycles. The molecule has 1 fully saturated rings. The van der Waals surface area contributed by atoms with E-state index in [1.165, 1.54) is 19.4 Å². The molecule has 1 saturated heterocycles. The van der Waals surface area contributed by atoms with Gasteiger partial charge in [0.15, 0.2) is 5.82 Å². The minimum absolute atomic E-state index is 0.0913. The topological polar surface area (TPSA) is 95.2 Å². The molecule has 2 N–H and O–H groups in total. The molecule has 17 heavy (non-hydrogen) atoms. The fourth-order valence-electron chi connectivity index (χ4n) is 1.67. The first-order valence-electron chi connectivity index (χ1n) is 5.20. The average molecular weight is 236 g/mol. The number of anilines is 1. The van der Waals surface area contributed by atoms with E-state index < -0.39 is 6.04 Å². The highest BCUT2D eigenvalue weighted by Crippen LogP contribution is 2.13. The van der Waals surface area contributed by atoms with Crippen molar-refractivity contribution >= 4 is 17.6 Å². The Bertz CT molecular complexity index is 510. The van der Waals surface area contributed by atoms with Gasteiger partial charge in [0.2, 0.25) is 5.91 Å². The van der Waals surface area contributed by atoms with Gasteiger partial charge in [-0.3, -0.25) is 19.3 Å². The predicted octanol–water partition coefficient (Wildman–Crippen LogP) is -0.671. The van der Waals surface area contributed by atoms with Crippen molar-refractivity contribution in [3.8, 4) is 0 Å². The smallest absolute Gasteiger partial charge is 0.290 e. The van der Waals surface area contributed by atoms with E-state index >= 15 is 0 Å². The molecule has 1 aliphatic heterocycles. The number of carbonyl (C=O) groups is 2. The second kappa shape index (κ2) is 4.36. The van der Waals surface area contributed by atoms with Gasteiger partial charge >= 0.3 is 0 Å². The summed E-state index contributed by atoms with van der Waals surface area (Å²) in [5.41, 5.74) is -0.389. The van der Waals surface area contributed by atoms with E-state index in [-0.39, 0.29) is 29.6 Å².